The SMILES string of the molecule is CC(C)(C)OC(=O)N1CC2CC(C(=O)N/C(N)=C/C=C(\N)Cl)CC2C1. The van der Waals surface area contributed by atoms with Crippen molar-refractivity contribution in [3.63, 3.8) is 0 Å². The molecule has 0 radical (unpaired) electrons. The van der Waals surface area contributed by atoms with E-state index < -0.39 is 5.60 Å². The molecule has 5 N–H and O–H groups in total. The maximum absolute atomic E-state index is 12.3. The molecule has 8 heteroatoms. The average molecular weight is 371 g/mol. The van der Waals surface area contributed by atoms with Crippen LogP contribution in [0.5, 0.6) is 0 Å². The first-order chi connectivity index (χ1) is 11.5. The molecule has 1 heterocycles. The molecule has 1 saturated heterocycles. The molecule has 2 fully saturated rings. The molecule has 1 saturated carbocycles. The lowest BCUT2D eigenvalue weighted by atomic mass is 10.0. The first-order valence-electron chi connectivity index (χ1n) is 8.42. The minimum absolute atomic E-state index is 0.0924. The van der Waals surface area contributed by atoms with E-state index in [1.54, 1.807) is 4.90 Å². The Bertz CT molecular complexity index is 579. The third kappa shape index (κ3) is 5.56. The van der Waals surface area contributed by atoms with Crippen molar-refractivity contribution in [2.24, 2.45) is 29.2 Å². The molecule has 2 amide bonds. The van der Waals surface area contributed by atoms with Gasteiger partial charge in [-0.3, -0.25) is 4.79 Å². The summed E-state index contributed by atoms with van der Waals surface area (Å²) in [5.74, 6) is 0.660. The molecular formula is C17H27ClN4O3. The summed E-state index contributed by atoms with van der Waals surface area (Å²) < 4.78 is 5.42. The fourth-order valence-corrected chi connectivity index (χ4v) is 3.51. The molecule has 0 bridgehead atoms. The first-order valence-corrected chi connectivity index (χ1v) is 8.80. The molecular weight excluding hydrogens is 344 g/mol. The van der Waals surface area contributed by atoms with Gasteiger partial charge in [-0.15, -0.1) is 0 Å². The van der Waals surface area contributed by atoms with Crippen molar-refractivity contribution in [1.82, 2.24) is 10.2 Å². The number of hydrogen-bond donors (Lipinski definition) is 3. The van der Waals surface area contributed by atoms with Gasteiger partial charge >= 0.3 is 6.09 Å². The quantitative estimate of drug-likeness (QED) is 0.518. The second-order valence-corrected chi connectivity index (χ2v) is 8.17. The summed E-state index contributed by atoms with van der Waals surface area (Å²) in [6.45, 7) is 6.84. The molecule has 0 spiro atoms. The molecule has 1 aliphatic carbocycles. The molecule has 140 valence electrons. The number of allylic oxidation sites excluding steroid dienone is 2. The number of carbonyl (C=O) groups excluding carboxylic acids is 2. The lowest BCUT2D eigenvalue weighted by Gasteiger charge is -2.25. The number of amides is 2. The topological polar surface area (TPSA) is 111 Å². The van der Waals surface area contributed by atoms with Gasteiger partial charge in [-0.05, 0) is 57.6 Å². The molecule has 2 rings (SSSR count). The van der Waals surface area contributed by atoms with Gasteiger partial charge in [0.2, 0.25) is 5.91 Å². The zero-order chi connectivity index (χ0) is 18.8. The maximum Gasteiger partial charge on any atom is 0.410 e. The number of nitrogens with zero attached hydrogens (tertiary/aromatic N) is 1. The van der Waals surface area contributed by atoms with Crippen molar-refractivity contribution in [2.75, 3.05) is 13.1 Å². The van der Waals surface area contributed by atoms with E-state index in [-0.39, 0.29) is 28.9 Å². The zero-order valence-corrected chi connectivity index (χ0v) is 15.7. The van der Waals surface area contributed by atoms with Crippen LogP contribution in [0.15, 0.2) is 23.1 Å². The molecule has 0 aromatic carbocycles. The van der Waals surface area contributed by atoms with Crippen LogP contribution in [-0.4, -0.2) is 35.6 Å². The van der Waals surface area contributed by atoms with Crippen molar-refractivity contribution < 1.29 is 14.3 Å². The van der Waals surface area contributed by atoms with Crippen LogP contribution in [0.2, 0.25) is 0 Å². The lowest BCUT2D eigenvalue weighted by Crippen LogP contribution is -2.37. The number of fused-ring (bicyclic) bond motifs is 1. The van der Waals surface area contributed by atoms with Crippen molar-refractivity contribution >= 4 is 23.6 Å². The smallest absolute Gasteiger partial charge is 0.410 e. The Labute approximate surface area is 153 Å². The fourth-order valence-electron chi connectivity index (χ4n) is 3.44. The van der Waals surface area contributed by atoms with Crippen LogP contribution in [0.4, 0.5) is 4.79 Å². The van der Waals surface area contributed by atoms with E-state index >= 15 is 0 Å². The van der Waals surface area contributed by atoms with Crippen molar-refractivity contribution in [2.45, 2.75) is 39.2 Å². The van der Waals surface area contributed by atoms with Gasteiger partial charge in [-0.25, -0.2) is 4.79 Å². The molecule has 1 aliphatic heterocycles. The Morgan fingerprint density at radius 3 is 2.20 bits per heavy atom. The molecule has 2 unspecified atom stereocenters. The summed E-state index contributed by atoms with van der Waals surface area (Å²) in [6.07, 6.45) is 4.09. The minimum Gasteiger partial charge on any atom is -0.444 e. The largest absolute Gasteiger partial charge is 0.444 e. The third-order valence-electron chi connectivity index (χ3n) is 4.46. The zero-order valence-electron chi connectivity index (χ0n) is 14.9. The third-order valence-corrected chi connectivity index (χ3v) is 4.59. The Morgan fingerprint density at radius 1 is 1.16 bits per heavy atom. The summed E-state index contributed by atoms with van der Waals surface area (Å²) in [4.78, 5) is 26.2. The summed E-state index contributed by atoms with van der Waals surface area (Å²) in [5.41, 5.74) is 10.5. The maximum atomic E-state index is 12.3. The van der Waals surface area contributed by atoms with E-state index in [1.807, 2.05) is 20.8 Å². The van der Waals surface area contributed by atoms with Crippen LogP contribution in [0.3, 0.4) is 0 Å². The minimum atomic E-state index is -0.498. The van der Waals surface area contributed by atoms with Gasteiger partial charge in [0.05, 0.1) is 5.16 Å². The second-order valence-electron chi connectivity index (χ2n) is 7.74. The van der Waals surface area contributed by atoms with E-state index in [1.165, 1.54) is 12.2 Å². The van der Waals surface area contributed by atoms with E-state index in [0.29, 0.717) is 24.9 Å². The van der Waals surface area contributed by atoms with Gasteiger partial charge in [-0.2, -0.15) is 0 Å². The Balaban J connectivity index is 1.84. The molecule has 0 aromatic rings. The first kappa shape index (κ1) is 19.4. The van der Waals surface area contributed by atoms with Crippen LogP contribution in [0, 0.1) is 17.8 Å². The van der Waals surface area contributed by atoms with Crippen LogP contribution in [-0.2, 0) is 9.53 Å². The molecule has 2 atom stereocenters. The van der Waals surface area contributed by atoms with Gasteiger partial charge in [0.1, 0.15) is 11.4 Å². The van der Waals surface area contributed by atoms with E-state index in [2.05, 4.69) is 5.32 Å². The predicted octanol–water partition coefficient (Wildman–Crippen LogP) is 1.83. The molecule has 7 nitrogen and oxygen atoms in total. The number of likely N-dealkylation sites (tertiary alicyclic amines) is 1. The second kappa shape index (κ2) is 7.56. The number of nitrogens with one attached hydrogen (secondary N) is 1. The summed E-state index contributed by atoms with van der Waals surface area (Å²) in [5, 5.41) is 2.76. The average Bonchev–Trinajstić information content (AvgIpc) is 3.01. The summed E-state index contributed by atoms with van der Waals surface area (Å²) in [6, 6.07) is 0. The number of carbonyl (C=O) groups is 2. The van der Waals surface area contributed by atoms with Crippen molar-refractivity contribution in [3.8, 4) is 0 Å². The van der Waals surface area contributed by atoms with Gasteiger partial charge < -0.3 is 26.4 Å². The monoisotopic (exact) mass is 370 g/mol. The van der Waals surface area contributed by atoms with Gasteiger partial charge in [0.25, 0.3) is 0 Å². The standard InChI is InChI=1S/C17H27ClN4O3/c1-17(2,3)25-16(24)22-8-11-6-10(7-12(11)9-22)15(23)21-14(20)5-4-13(18)19/h4-5,10-12H,6-9,19-20H2,1-3H3,(H,21,23)/b13-4-,14-5+. The van der Waals surface area contributed by atoms with E-state index in [0.717, 1.165) is 12.8 Å². The molecule has 0 aromatic heterocycles. The van der Waals surface area contributed by atoms with Gasteiger partial charge in [-0.1, -0.05) is 11.6 Å². The van der Waals surface area contributed by atoms with E-state index in [9.17, 15) is 9.59 Å². The normalized spacial score (nSPS) is 27.2. The van der Waals surface area contributed by atoms with Crippen LogP contribution >= 0.6 is 11.6 Å². The predicted molar refractivity (Wildman–Crippen MR) is 96.0 cm³/mol. The summed E-state index contributed by atoms with van der Waals surface area (Å²) in [7, 11) is 0. The summed E-state index contributed by atoms with van der Waals surface area (Å²) >= 11 is 5.51. The lowest BCUT2D eigenvalue weighted by molar-refractivity contribution is -0.124. The fraction of sp³-hybridized carbons (Fsp3) is 0.647. The number of halogens is 1. The number of rotatable bonds is 3. The molecule has 2 aliphatic rings. The highest BCUT2D eigenvalue weighted by atomic mass is 35.5. The highest BCUT2D eigenvalue weighted by Crippen LogP contribution is 2.42. The highest BCUT2D eigenvalue weighted by molar-refractivity contribution is 6.29. The van der Waals surface area contributed by atoms with Crippen LogP contribution < -0.4 is 16.8 Å². The van der Waals surface area contributed by atoms with E-state index in [4.69, 9.17) is 27.8 Å². The Morgan fingerprint density at radius 2 is 1.72 bits per heavy atom. The highest BCUT2D eigenvalue weighted by Gasteiger charge is 2.45. The molecule has 25 heavy (non-hydrogen) atoms. The van der Waals surface area contributed by atoms with Crippen LogP contribution in [0.1, 0.15) is 33.6 Å². The van der Waals surface area contributed by atoms with Gasteiger partial charge in [0.15, 0.2) is 0 Å². The Hall–Kier alpha value is -1.89. The Kier molecular flexibility index (Phi) is 5.87. The number of nitrogens with two attached hydrogens (primary N) is 2. The number of hydrogen-bond acceptors (Lipinski definition) is 5. The van der Waals surface area contributed by atoms with Crippen molar-refractivity contribution in [3.05, 3.63) is 23.1 Å². The van der Waals surface area contributed by atoms with Crippen LogP contribution in [0.25, 0.3) is 0 Å². The van der Waals surface area contributed by atoms with Crippen molar-refractivity contribution in [1.29, 1.82) is 0 Å². The number of ether oxygens (including phenoxy) is 1. The van der Waals surface area contributed by atoms with Gasteiger partial charge in [0, 0.05) is 19.0 Å².